The first kappa shape index (κ1) is 31.0. The third-order valence-electron chi connectivity index (χ3n) is 6.68. The predicted molar refractivity (Wildman–Crippen MR) is 166 cm³/mol. The maximum absolute atomic E-state index is 13.2. The fourth-order valence-corrected chi connectivity index (χ4v) is 5.47. The standard InChI is InChI=1S/C29H34Cl3N7O2/c1-6-38(12-11-37(4)5)16-24(40)33-20-9-7-18(8-10-20)13-23-34-28-25(29(41)35-23)26(17(2)3)36-39(28)27-21(31)14-19(30)15-22(27)32/h7-10,14-15,17,36H,6,11-13,16H2,1-5H3,(H,33,40). The fourth-order valence-electron chi connectivity index (χ4n) is 4.49. The van der Waals surface area contributed by atoms with Gasteiger partial charge in [-0.15, -0.1) is 0 Å². The Kier molecular flexibility index (Phi) is 10.1. The third kappa shape index (κ3) is 7.47. The first-order chi connectivity index (χ1) is 19.5. The molecular weight excluding hydrogens is 585 g/mol. The molecule has 0 saturated heterocycles. The second kappa shape index (κ2) is 13.4. The van der Waals surface area contributed by atoms with Gasteiger partial charge in [0.15, 0.2) is 5.82 Å². The Morgan fingerprint density at radius 1 is 1.05 bits per heavy atom. The first-order valence-corrected chi connectivity index (χ1v) is 14.5. The first-order valence-electron chi connectivity index (χ1n) is 13.4. The Balaban J connectivity index is 1.57. The van der Waals surface area contributed by atoms with Gasteiger partial charge in [0.2, 0.25) is 5.91 Å². The number of aromatic nitrogens is 4. The van der Waals surface area contributed by atoms with E-state index in [2.05, 4.69) is 25.2 Å². The molecule has 0 saturated carbocycles. The number of benzene rings is 2. The Hall–Kier alpha value is -2.95. The number of aromatic amines is 1. The van der Waals surface area contributed by atoms with Crippen molar-refractivity contribution in [3.8, 4) is 17.1 Å². The summed E-state index contributed by atoms with van der Waals surface area (Å²) in [5, 5.41) is 7.24. The van der Waals surface area contributed by atoms with Crippen molar-refractivity contribution in [2.45, 2.75) is 33.1 Å². The third-order valence-corrected chi connectivity index (χ3v) is 7.47. The largest absolute Gasteiger partial charge is 0.325 e. The van der Waals surface area contributed by atoms with Gasteiger partial charge in [-0.1, -0.05) is 67.7 Å². The lowest BCUT2D eigenvalue weighted by Crippen LogP contribution is -2.37. The van der Waals surface area contributed by atoms with E-state index in [4.69, 9.17) is 39.8 Å². The Morgan fingerprint density at radius 2 is 1.71 bits per heavy atom. The van der Waals surface area contributed by atoms with Crippen molar-refractivity contribution in [2.24, 2.45) is 0 Å². The van der Waals surface area contributed by atoms with Gasteiger partial charge >= 0.3 is 0 Å². The highest BCUT2D eigenvalue weighted by molar-refractivity contribution is 6.40. The molecule has 1 amide bonds. The van der Waals surface area contributed by atoms with Crippen LogP contribution in [-0.4, -0.2) is 75.7 Å². The van der Waals surface area contributed by atoms with E-state index >= 15 is 0 Å². The van der Waals surface area contributed by atoms with Gasteiger partial charge in [0, 0.05) is 30.2 Å². The van der Waals surface area contributed by atoms with Crippen molar-refractivity contribution in [1.29, 1.82) is 0 Å². The van der Waals surface area contributed by atoms with E-state index in [-0.39, 0.29) is 17.4 Å². The molecule has 2 aliphatic rings. The van der Waals surface area contributed by atoms with Gasteiger partial charge in [-0.3, -0.25) is 19.6 Å². The molecule has 0 radical (unpaired) electrons. The molecular formula is C29H34Cl3N7O2. The number of carbonyl (C=O) groups excluding carboxylic acids is 1. The minimum Gasteiger partial charge on any atom is -0.325 e. The van der Waals surface area contributed by atoms with Crippen LogP contribution in [0, 0.1) is 0 Å². The molecule has 0 atom stereocenters. The van der Waals surface area contributed by atoms with E-state index < -0.39 is 0 Å². The Labute approximate surface area is 254 Å². The van der Waals surface area contributed by atoms with E-state index in [1.54, 1.807) is 16.8 Å². The number of likely N-dealkylation sites (N-methyl/N-ethyl adjacent to an activating group) is 2. The van der Waals surface area contributed by atoms with Crippen LogP contribution in [0.1, 0.15) is 43.8 Å². The van der Waals surface area contributed by atoms with E-state index in [1.165, 1.54) is 0 Å². The van der Waals surface area contributed by atoms with Crippen LogP contribution in [0.5, 0.6) is 0 Å². The van der Waals surface area contributed by atoms with E-state index in [0.29, 0.717) is 62.3 Å². The molecule has 218 valence electrons. The quantitative estimate of drug-likeness (QED) is 0.229. The smallest absolute Gasteiger partial charge is 0.284 e. The predicted octanol–water partition coefficient (Wildman–Crippen LogP) is 5.56. The molecule has 4 rings (SSSR count). The molecule has 2 aliphatic heterocycles. The number of carbonyl (C=O) groups is 1. The van der Waals surface area contributed by atoms with Crippen LogP contribution < -0.4 is 10.9 Å². The number of halogens is 3. The van der Waals surface area contributed by atoms with Crippen LogP contribution in [0.4, 0.5) is 5.69 Å². The van der Waals surface area contributed by atoms with Crippen molar-refractivity contribution in [3.05, 3.63) is 78.9 Å². The number of anilines is 1. The summed E-state index contributed by atoms with van der Waals surface area (Å²) in [6.45, 7) is 8.80. The van der Waals surface area contributed by atoms with Gasteiger partial charge < -0.3 is 10.2 Å². The summed E-state index contributed by atoms with van der Waals surface area (Å²) in [5.74, 6) is 0.656. The summed E-state index contributed by atoms with van der Waals surface area (Å²) in [4.78, 5) is 39.0. The minimum atomic E-state index is -0.386. The maximum atomic E-state index is 13.2. The van der Waals surface area contributed by atoms with E-state index in [1.807, 2.05) is 59.1 Å². The summed E-state index contributed by atoms with van der Waals surface area (Å²) in [6, 6.07) is 10.6. The van der Waals surface area contributed by atoms with Gasteiger partial charge in [0.1, 0.15) is 17.1 Å². The summed E-state index contributed by atoms with van der Waals surface area (Å²) >= 11 is 19.2. The van der Waals surface area contributed by atoms with Crippen LogP contribution in [-0.2, 0) is 11.2 Å². The fraction of sp³-hybridized carbons (Fsp3) is 0.379. The van der Waals surface area contributed by atoms with Gasteiger partial charge in [0.05, 0.1) is 22.3 Å². The highest BCUT2D eigenvalue weighted by Crippen LogP contribution is 2.36. The molecule has 0 spiro atoms. The van der Waals surface area contributed by atoms with Crippen LogP contribution in [0.25, 0.3) is 17.1 Å². The molecule has 0 aromatic heterocycles. The molecule has 0 unspecified atom stereocenters. The average Bonchev–Trinajstić information content (AvgIpc) is 3.27. The number of nitrogens with one attached hydrogen (secondary N) is 2. The zero-order chi connectivity index (χ0) is 29.8. The average molecular weight is 619 g/mol. The van der Waals surface area contributed by atoms with Gasteiger partial charge in [-0.25, -0.2) is 9.67 Å². The number of amides is 1. The summed E-state index contributed by atoms with van der Waals surface area (Å²) < 4.78 is 1.62. The van der Waals surface area contributed by atoms with Crippen LogP contribution in [0.15, 0.2) is 41.2 Å². The minimum absolute atomic E-state index is 0.00843. The van der Waals surface area contributed by atoms with Crippen LogP contribution in [0.3, 0.4) is 0 Å². The highest BCUT2D eigenvalue weighted by atomic mass is 35.5. The number of fused-ring (bicyclic) bond motifs is 1. The second-order valence-electron chi connectivity index (χ2n) is 10.5. The SMILES string of the molecule is CCN(CCN(C)C)CC(=O)Nc1ccc(Cc2nc3n(-c4c(Cl)cc(Cl)cc4Cl)[nH]c(C(C)C)c-3c(=O)n2)cc1. The van der Waals surface area contributed by atoms with E-state index in [9.17, 15) is 9.59 Å². The lowest BCUT2D eigenvalue weighted by molar-refractivity contribution is -0.117. The molecule has 2 aromatic carbocycles. The molecule has 41 heavy (non-hydrogen) atoms. The molecule has 9 nitrogen and oxygen atoms in total. The van der Waals surface area contributed by atoms with Gasteiger partial charge in [0.25, 0.3) is 5.56 Å². The molecule has 12 heteroatoms. The number of rotatable bonds is 11. The van der Waals surface area contributed by atoms with Crippen molar-refractivity contribution < 1.29 is 4.79 Å². The summed E-state index contributed by atoms with van der Waals surface area (Å²) in [6.07, 6.45) is 0.317. The lowest BCUT2D eigenvalue weighted by Gasteiger charge is -2.21. The van der Waals surface area contributed by atoms with Gasteiger partial charge in [-0.2, -0.15) is 4.98 Å². The zero-order valence-electron chi connectivity index (χ0n) is 23.8. The highest BCUT2D eigenvalue weighted by Gasteiger charge is 2.27. The number of hydrogen-bond donors (Lipinski definition) is 2. The van der Waals surface area contributed by atoms with Crippen LogP contribution >= 0.6 is 34.8 Å². The number of nitrogens with zero attached hydrogens (tertiary/aromatic N) is 5. The second-order valence-corrected chi connectivity index (χ2v) is 11.7. The Bertz CT molecular complexity index is 1520. The van der Waals surface area contributed by atoms with Crippen molar-refractivity contribution >= 4 is 46.4 Å². The molecule has 0 aliphatic carbocycles. The molecule has 2 heterocycles. The zero-order valence-corrected chi connectivity index (χ0v) is 26.0. The van der Waals surface area contributed by atoms with Crippen molar-refractivity contribution in [2.75, 3.05) is 45.6 Å². The normalized spacial score (nSPS) is 11.8. The number of H-pyrrole nitrogens is 1. The topological polar surface area (TPSA) is 99.1 Å². The summed E-state index contributed by atoms with van der Waals surface area (Å²) in [7, 11) is 4.03. The monoisotopic (exact) mass is 617 g/mol. The van der Waals surface area contributed by atoms with Crippen molar-refractivity contribution in [1.82, 2.24) is 29.5 Å². The molecule has 0 bridgehead atoms. The Morgan fingerprint density at radius 3 is 2.29 bits per heavy atom. The molecule has 2 N–H and O–H groups in total. The number of hydrogen-bond acceptors (Lipinski definition) is 6. The molecule has 2 aromatic rings. The van der Waals surface area contributed by atoms with E-state index in [0.717, 1.165) is 25.2 Å². The molecule has 0 fully saturated rings. The van der Waals surface area contributed by atoms with Crippen LogP contribution in [0.2, 0.25) is 15.1 Å². The lowest BCUT2D eigenvalue weighted by atomic mass is 10.1. The summed E-state index contributed by atoms with van der Waals surface area (Å²) in [5.41, 5.74) is 2.71. The maximum Gasteiger partial charge on any atom is 0.284 e. The van der Waals surface area contributed by atoms with Gasteiger partial charge in [-0.05, 0) is 56.4 Å². The van der Waals surface area contributed by atoms with Crippen molar-refractivity contribution in [3.63, 3.8) is 0 Å².